The molecule has 2 heteroatoms. The summed E-state index contributed by atoms with van der Waals surface area (Å²) < 4.78 is 5.45. The number of rotatable bonds is 4. The van der Waals surface area contributed by atoms with E-state index in [0.717, 1.165) is 26.1 Å². The quantitative estimate of drug-likeness (QED) is 0.901. The fourth-order valence-corrected chi connectivity index (χ4v) is 3.76. The molecule has 1 aliphatic carbocycles. The van der Waals surface area contributed by atoms with Crippen LogP contribution in [-0.2, 0) is 11.2 Å². The zero-order valence-electron chi connectivity index (χ0n) is 11.7. The highest BCUT2D eigenvalue weighted by atomic mass is 16.5. The Hall–Kier alpha value is -0.860. The van der Waals surface area contributed by atoms with Gasteiger partial charge in [-0.3, -0.25) is 0 Å². The van der Waals surface area contributed by atoms with E-state index in [1.54, 1.807) is 11.1 Å². The summed E-state index contributed by atoms with van der Waals surface area (Å²) >= 11 is 0. The molecule has 1 saturated heterocycles. The first-order valence-electron chi connectivity index (χ1n) is 7.74. The Morgan fingerprint density at radius 2 is 2.11 bits per heavy atom. The number of nitrogens with two attached hydrogens (primary N) is 1. The van der Waals surface area contributed by atoms with Crippen molar-refractivity contribution in [3.8, 4) is 0 Å². The molecule has 3 rings (SSSR count). The summed E-state index contributed by atoms with van der Waals surface area (Å²) in [5.41, 5.74) is 9.50. The molecule has 1 fully saturated rings. The van der Waals surface area contributed by atoms with Crippen LogP contribution in [0.1, 0.15) is 49.1 Å². The first-order chi connectivity index (χ1) is 9.33. The van der Waals surface area contributed by atoms with Gasteiger partial charge in [-0.15, -0.1) is 0 Å². The van der Waals surface area contributed by atoms with E-state index in [-0.39, 0.29) is 0 Å². The lowest BCUT2D eigenvalue weighted by Crippen LogP contribution is -2.27. The van der Waals surface area contributed by atoms with Crippen molar-refractivity contribution in [2.75, 3.05) is 13.2 Å². The summed E-state index contributed by atoms with van der Waals surface area (Å²) in [5.74, 6) is 1.39. The molecular formula is C17H25NO. The highest BCUT2D eigenvalue weighted by Gasteiger charge is 2.24. The lowest BCUT2D eigenvalue weighted by molar-refractivity contribution is 0.182. The predicted molar refractivity (Wildman–Crippen MR) is 78.3 cm³/mol. The largest absolute Gasteiger partial charge is 0.381 e. The normalized spacial score (nSPS) is 28.1. The Balaban J connectivity index is 1.60. The zero-order chi connectivity index (χ0) is 13.1. The number of aryl methyl sites for hydroxylation is 1. The summed E-state index contributed by atoms with van der Waals surface area (Å²) in [4.78, 5) is 0. The molecule has 3 atom stereocenters. The maximum absolute atomic E-state index is 6.39. The molecule has 3 unspecified atom stereocenters. The summed E-state index contributed by atoms with van der Waals surface area (Å²) in [7, 11) is 0. The Morgan fingerprint density at radius 3 is 2.95 bits per heavy atom. The maximum atomic E-state index is 6.39. The Kier molecular flexibility index (Phi) is 4.19. The minimum atomic E-state index is 0.336. The van der Waals surface area contributed by atoms with Gasteiger partial charge < -0.3 is 10.5 Å². The molecule has 0 spiro atoms. The van der Waals surface area contributed by atoms with Gasteiger partial charge in [-0.05, 0) is 61.5 Å². The van der Waals surface area contributed by atoms with Crippen molar-refractivity contribution in [2.45, 2.75) is 50.5 Å². The molecule has 0 aromatic heterocycles. The second-order valence-electron chi connectivity index (χ2n) is 6.25. The van der Waals surface area contributed by atoms with Gasteiger partial charge in [0.25, 0.3) is 0 Å². The van der Waals surface area contributed by atoms with Crippen LogP contribution in [0.15, 0.2) is 24.3 Å². The van der Waals surface area contributed by atoms with Gasteiger partial charge in [-0.2, -0.15) is 0 Å². The average Bonchev–Trinajstić information content (AvgIpc) is 2.92. The van der Waals surface area contributed by atoms with E-state index in [4.69, 9.17) is 10.5 Å². The standard InChI is InChI=1S/C17H25NO/c18-16(10-13-8-9-19-12-13)11-15-6-3-5-14-4-1-2-7-17(14)15/h1-2,4,7,13,15-16H,3,5-6,8-12,18H2. The lowest BCUT2D eigenvalue weighted by Gasteiger charge is -2.28. The molecule has 2 aliphatic rings. The van der Waals surface area contributed by atoms with Crippen LogP contribution in [0, 0.1) is 5.92 Å². The SMILES string of the molecule is NC(CC1CCOC1)CC1CCCc2ccccc21. The molecular weight excluding hydrogens is 234 g/mol. The van der Waals surface area contributed by atoms with Gasteiger partial charge in [0.1, 0.15) is 0 Å². The second-order valence-corrected chi connectivity index (χ2v) is 6.25. The minimum Gasteiger partial charge on any atom is -0.381 e. The smallest absolute Gasteiger partial charge is 0.0495 e. The highest BCUT2D eigenvalue weighted by molar-refractivity contribution is 5.32. The van der Waals surface area contributed by atoms with Gasteiger partial charge in [-0.1, -0.05) is 24.3 Å². The molecule has 104 valence electrons. The van der Waals surface area contributed by atoms with Gasteiger partial charge in [0.15, 0.2) is 0 Å². The molecule has 2 nitrogen and oxygen atoms in total. The number of hydrogen-bond donors (Lipinski definition) is 1. The molecule has 19 heavy (non-hydrogen) atoms. The van der Waals surface area contributed by atoms with Crippen LogP contribution in [0.4, 0.5) is 0 Å². The van der Waals surface area contributed by atoms with Crippen molar-refractivity contribution >= 4 is 0 Å². The van der Waals surface area contributed by atoms with Crippen molar-refractivity contribution in [2.24, 2.45) is 11.7 Å². The number of fused-ring (bicyclic) bond motifs is 1. The maximum Gasteiger partial charge on any atom is 0.0495 e. The molecule has 0 amide bonds. The van der Waals surface area contributed by atoms with E-state index in [2.05, 4.69) is 24.3 Å². The van der Waals surface area contributed by atoms with Crippen LogP contribution in [-0.4, -0.2) is 19.3 Å². The number of hydrogen-bond acceptors (Lipinski definition) is 2. The molecule has 1 heterocycles. The fraction of sp³-hybridized carbons (Fsp3) is 0.647. The van der Waals surface area contributed by atoms with E-state index in [9.17, 15) is 0 Å². The van der Waals surface area contributed by atoms with Crippen LogP contribution in [0.3, 0.4) is 0 Å². The first-order valence-corrected chi connectivity index (χ1v) is 7.74. The first kappa shape index (κ1) is 13.1. The van der Waals surface area contributed by atoms with Crippen molar-refractivity contribution in [3.63, 3.8) is 0 Å². The van der Waals surface area contributed by atoms with E-state index in [1.807, 2.05) is 0 Å². The summed E-state index contributed by atoms with van der Waals surface area (Å²) in [6.07, 6.45) is 7.37. The summed E-state index contributed by atoms with van der Waals surface area (Å²) in [6.45, 7) is 1.86. The Morgan fingerprint density at radius 1 is 1.21 bits per heavy atom. The molecule has 0 radical (unpaired) electrons. The van der Waals surface area contributed by atoms with Crippen molar-refractivity contribution in [1.29, 1.82) is 0 Å². The van der Waals surface area contributed by atoms with Crippen LogP contribution >= 0.6 is 0 Å². The number of ether oxygens (including phenoxy) is 1. The van der Waals surface area contributed by atoms with E-state index < -0.39 is 0 Å². The molecule has 2 N–H and O–H groups in total. The third kappa shape index (κ3) is 3.18. The Bertz CT molecular complexity index is 411. The average molecular weight is 259 g/mol. The Labute approximate surface area is 116 Å². The van der Waals surface area contributed by atoms with E-state index >= 15 is 0 Å². The second kappa shape index (κ2) is 6.06. The van der Waals surface area contributed by atoms with Crippen molar-refractivity contribution in [1.82, 2.24) is 0 Å². The fourth-order valence-electron chi connectivity index (χ4n) is 3.76. The van der Waals surface area contributed by atoms with Gasteiger partial charge in [0.2, 0.25) is 0 Å². The van der Waals surface area contributed by atoms with Crippen molar-refractivity contribution < 1.29 is 4.74 Å². The van der Waals surface area contributed by atoms with Crippen LogP contribution in [0.2, 0.25) is 0 Å². The van der Waals surface area contributed by atoms with Crippen LogP contribution < -0.4 is 5.73 Å². The lowest BCUT2D eigenvalue weighted by atomic mass is 9.78. The minimum absolute atomic E-state index is 0.336. The summed E-state index contributed by atoms with van der Waals surface area (Å²) in [5, 5.41) is 0. The number of benzene rings is 1. The van der Waals surface area contributed by atoms with Gasteiger partial charge in [-0.25, -0.2) is 0 Å². The van der Waals surface area contributed by atoms with Crippen LogP contribution in [0.5, 0.6) is 0 Å². The highest BCUT2D eigenvalue weighted by Crippen LogP contribution is 2.35. The van der Waals surface area contributed by atoms with Gasteiger partial charge in [0.05, 0.1) is 0 Å². The molecule has 0 saturated carbocycles. The molecule has 1 aromatic carbocycles. The molecule has 1 aliphatic heterocycles. The summed E-state index contributed by atoms with van der Waals surface area (Å²) in [6, 6.07) is 9.27. The van der Waals surface area contributed by atoms with Gasteiger partial charge >= 0.3 is 0 Å². The monoisotopic (exact) mass is 259 g/mol. The van der Waals surface area contributed by atoms with E-state index in [1.165, 1.54) is 25.7 Å². The third-order valence-corrected chi connectivity index (χ3v) is 4.74. The molecule has 1 aromatic rings. The van der Waals surface area contributed by atoms with Crippen molar-refractivity contribution in [3.05, 3.63) is 35.4 Å². The third-order valence-electron chi connectivity index (χ3n) is 4.74. The van der Waals surface area contributed by atoms with Gasteiger partial charge in [0, 0.05) is 19.3 Å². The topological polar surface area (TPSA) is 35.2 Å². The zero-order valence-corrected chi connectivity index (χ0v) is 11.7. The predicted octanol–water partition coefficient (Wildman–Crippen LogP) is 3.25. The van der Waals surface area contributed by atoms with Crippen LogP contribution in [0.25, 0.3) is 0 Å². The van der Waals surface area contributed by atoms with E-state index in [0.29, 0.717) is 17.9 Å². The molecule has 0 bridgehead atoms.